The number of allylic oxidation sites excluding steroid dienone is 1. The zero-order chi connectivity index (χ0) is 8.85. The van der Waals surface area contributed by atoms with Gasteiger partial charge in [0.05, 0.1) is 0 Å². The quantitative estimate of drug-likeness (QED) is 0.627. The molecular formula is C8H16N2O. The van der Waals surface area contributed by atoms with Crippen molar-refractivity contribution in [2.24, 2.45) is 0 Å². The fraction of sp³-hybridized carbons (Fsp3) is 0.625. The third-order valence-corrected chi connectivity index (χ3v) is 1.15. The molecule has 0 aromatic heterocycles. The lowest BCUT2D eigenvalue weighted by molar-refractivity contribution is -0.119. The first-order chi connectivity index (χ1) is 5.02. The molecule has 2 N–H and O–H groups in total. The number of hydrogen-bond donors (Lipinski definition) is 2. The lowest BCUT2D eigenvalue weighted by Gasteiger charge is -2.14. The average Bonchev–Trinajstić information content (AvgIpc) is 1.82. The van der Waals surface area contributed by atoms with Gasteiger partial charge < -0.3 is 10.6 Å². The third-order valence-electron chi connectivity index (χ3n) is 1.15. The number of carbonyl (C=O) groups excluding carboxylic acids is 1. The van der Waals surface area contributed by atoms with E-state index in [1.165, 1.54) is 6.92 Å². The van der Waals surface area contributed by atoms with Gasteiger partial charge in [-0.2, -0.15) is 0 Å². The minimum atomic E-state index is 0.000338. The van der Waals surface area contributed by atoms with E-state index in [9.17, 15) is 4.79 Å². The van der Waals surface area contributed by atoms with Crippen molar-refractivity contribution >= 4 is 5.91 Å². The molecule has 0 aliphatic heterocycles. The minimum absolute atomic E-state index is 0.000338. The van der Waals surface area contributed by atoms with Crippen LogP contribution in [0.1, 0.15) is 20.8 Å². The summed E-state index contributed by atoms with van der Waals surface area (Å²) < 4.78 is 0. The van der Waals surface area contributed by atoms with E-state index in [1.807, 2.05) is 13.8 Å². The molecule has 3 heteroatoms. The lowest BCUT2D eigenvalue weighted by atomic mass is 10.3. The number of rotatable bonds is 4. The number of amides is 1. The molecule has 0 fully saturated rings. The molecule has 1 unspecified atom stereocenters. The maximum atomic E-state index is 10.5. The fourth-order valence-electron chi connectivity index (χ4n) is 0.768. The highest BCUT2D eigenvalue weighted by atomic mass is 16.1. The Labute approximate surface area is 67.9 Å². The average molecular weight is 156 g/mol. The Morgan fingerprint density at radius 3 is 2.45 bits per heavy atom. The Hall–Kier alpha value is -0.990. The van der Waals surface area contributed by atoms with Crippen LogP contribution >= 0.6 is 0 Å². The number of carbonyl (C=O) groups is 1. The lowest BCUT2D eigenvalue weighted by Crippen LogP contribution is -2.36. The summed E-state index contributed by atoms with van der Waals surface area (Å²) in [6.07, 6.45) is 0. The van der Waals surface area contributed by atoms with Crippen LogP contribution in [0.4, 0.5) is 0 Å². The Morgan fingerprint density at radius 1 is 1.55 bits per heavy atom. The first-order valence-corrected chi connectivity index (χ1v) is 3.69. The van der Waals surface area contributed by atoms with Gasteiger partial charge >= 0.3 is 0 Å². The minimum Gasteiger partial charge on any atom is -0.385 e. The largest absolute Gasteiger partial charge is 0.385 e. The van der Waals surface area contributed by atoms with E-state index in [0.717, 1.165) is 5.70 Å². The van der Waals surface area contributed by atoms with Gasteiger partial charge in [0.25, 0.3) is 0 Å². The molecule has 1 atom stereocenters. The number of nitrogens with one attached hydrogen (secondary N) is 2. The van der Waals surface area contributed by atoms with Crippen LogP contribution in [0, 0.1) is 0 Å². The van der Waals surface area contributed by atoms with E-state index in [2.05, 4.69) is 17.2 Å². The molecule has 0 saturated carbocycles. The van der Waals surface area contributed by atoms with E-state index in [0.29, 0.717) is 6.54 Å². The molecule has 0 saturated heterocycles. The van der Waals surface area contributed by atoms with Crippen LogP contribution in [0.25, 0.3) is 0 Å². The topological polar surface area (TPSA) is 41.1 Å². The van der Waals surface area contributed by atoms with Crippen LogP contribution in [0.15, 0.2) is 12.3 Å². The van der Waals surface area contributed by atoms with E-state index >= 15 is 0 Å². The van der Waals surface area contributed by atoms with E-state index in [-0.39, 0.29) is 11.9 Å². The maximum Gasteiger partial charge on any atom is 0.216 e. The van der Waals surface area contributed by atoms with Crippen molar-refractivity contribution in [1.29, 1.82) is 0 Å². The van der Waals surface area contributed by atoms with Crippen LogP contribution in [-0.2, 0) is 4.79 Å². The highest BCUT2D eigenvalue weighted by molar-refractivity contribution is 5.72. The first kappa shape index (κ1) is 10.0. The fourth-order valence-corrected chi connectivity index (χ4v) is 0.768. The van der Waals surface area contributed by atoms with Crippen LogP contribution < -0.4 is 10.6 Å². The van der Waals surface area contributed by atoms with Gasteiger partial charge in [-0.05, 0) is 13.8 Å². The van der Waals surface area contributed by atoms with Gasteiger partial charge in [-0.1, -0.05) is 6.58 Å². The Kier molecular flexibility index (Phi) is 4.34. The molecule has 0 radical (unpaired) electrons. The summed E-state index contributed by atoms with van der Waals surface area (Å²) in [6.45, 7) is 9.73. The van der Waals surface area contributed by atoms with Gasteiger partial charge in [0, 0.05) is 25.2 Å². The van der Waals surface area contributed by atoms with Crippen LogP contribution in [0.5, 0.6) is 0 Å². The molecule has 0 aliphatic rings. The van der Waals surface area contributed by atoms with Gasteiger partial charge in [0.2, 0.25) is 5.91 Å². The zero-order valence-electron chi connectivity index (χ0n) is 7.40. The van der Waals surface area contributed by atoms with Gasteiger partial charge in [0.15, 0.2) is 0 Å². The zero-order valence-corrected chi connectivity index (χ0v) is 7.40. The standard InChI is InChI=1S/C8H16N2O/c1-6(2)10-7(3)5-9-8(4)11/h7,10H,1,5H2,2-4H3,(H,9,11). The van der Waals surface area contributed by atoms with Gasteiger partial charge in [-0.3, -0.25) is 4.79 Å². The molecule has 0 rings (SSSR count). The molecule has 3 nitrogen and oxygen atoms in total. The van der Waals surface area contributed by atoms with Crippen molar-refractivity contribution in [3.05, 3.63) is 12.3 Å². The molecule has 0 aliphatic carbocycles. The summed E-state index contributed by atoms with van der Waals surface area (Å²) in [7, 11) is 0. The summed E-state index contributed by atoms with van der Waals surface area (Å²) in [5, 5.41) is 5.80. The summed E-state index contributed by atoms with van der Waals surface area (Å²) in [5.74, 6) is 0.000338. The normalized spacial score (nSPS) is 11.9. The summed E-state index contributed by atoms with van der Waals surface area (Å²) in [6, 6.07) is 0.247. The van der Waals surface area contributed by atoms with Crippen LogP contribution in [0.3, 0.4) is 0 Å². The molecule has 64 valence electrons. The molecular weight excluding hydrogens is 140 g/mol. The highest BCUT2D eigenvalue weighted by Gasteiger charge is 1.99. The molecule has 0 heterocycles. The van der Waals surface area contributed by atoms with Gasteiger partial charge in [-0.15, -0.1) is 0 Å². The monoisotopic (exact) mass is 156 g/mol. The van der Waals surface area contributed by atoms with E-state index < -0.39 is 0 Å². The molecule has 1 amide bonds. The third kappa shape index (κ3) is 6.90. The highest BCUT2D eigenvalue weighted by Crippen LogP contribution is 1.84. The van der Waals surface area contributed by atoms with Gasteiger partial charge in [0.1, 0.15) is 0 Å². The Morgan fingerprint density at radius 2 is 2.09 bits per heavy atom. The van der Waals surface area contributed by atoms with E-state index in [1.54, 1.807) is 0 Å². The van der Waals surface area contributed by atoms with E-state index in [4.69, 9.17) is 0 Å². The molecule has 0 spiro atoms. The second-order valence-electron chi connectivity index (χ2n) is 2.76. The predicted molar refractivity (Wildman–Crippen MR) is 46.1 cm³/mol. The second kappa shape index (κ2) is 4.77. The van der Waals surface area contributed by atoms with Crippen molar-refractivity contribution in [2.45, 2.75) is 26.8 Å². The Bertz CT molecular complexity index is 154. The van der Waals surface area contributed by atoms with Crippen LogP contribution in [0.2, 0.25) is 0 Å². The van der Waals surface area contributed by atoms with Crippen molar-refractivity contribution < 1.29 is 4.79 Å². The Balaban J connectivity index is 3.44. The van der Waals surface area contributed by atoms with Crippen LogP contribution in [-0.4, -0.2) is 18.5 Å². The number of hydrogen-bond acceptors (Lipinski definition) is 2. The molecule has 0 aromatic carbocycles. The summed E-state index contributed by atoms with van der Waals surface area (Å²) in [4.78, 5) is 10.5. The molecule has 0 aromatic rings. The summed E-state index contributed by atoms with van der Waals surface area (Å²) in [5.41, 5.74) is 0.919. The molecule has 11 heavy (non-hydrogen) atoms. The predicted octanol–water partition coefficient (Wildman–Crippen LogP) is 0.634. The van der Waals surface area contributed by atoms with Crippen molar-refractivity contribution in [3.63, 3.8) is 0 Å². The SMILES string of the molecule is C=C(C)NC(C)CNC(C)=O. The van der Waals surface area contributed by atoms with Gasteiger partial charge in [-0.25, -0.2) is 0 Å². The van der Waals surface area contributed by atoms with Crippen molar-refractivity contribution in [1.82, 2.24) is 10.6 Å². The van der Waals surface area contributed by atoms with Crippen molar-refractivity contribution in [3.8, 4) is 0 Å². The second-order valence-corrected chi connectivity index (χ2v) is 2.76. The first-order valence-electron chi connectivity index (χ1n) is 3.69. The molecule has 0 bridgehead atoms. The van der Waals surface area contributed by atoms with Crippen molar-refractivity contribution in [2.75, 3.05) is 6.54 Å². The maximum absolute atomic E-state index is 10.5. The summed E-state index contributed by atoms with van der Waals surface area (Å²) >= 11 is 0. The smallest absolute Gasteiger partial charge is 0.216 e.